The molecule has 0 radical (unpaired) electrons. The van der Waals surface area contributed by atoms with Gasteiger partial charge in [0.2, 0.25) is 0 Å². The van der Waals surface area contributed by atoms with E-state index >= 15 is 0 Å². The number of nitrogens with one attached hydrogen (secondary N) is 1. The maximum Gasteiger partial charge on any atom is 0.134 e. The Labute approximate surface area is 115 Å². The molecule has 17 heavy (non-hydrogen) atoms. The van der Waals surface area contributed by atoms with Crippen LogP contribution in [0, 0.1) is 0 Å². The largest absolute Gasteiger partial charge is 0.506 e. The van der Waals surface area contributed by atoms with Crippen molar-refractivity contribution in [2.75, 3.05) is 26.2 Å². The summed E-state index contributed by atoms with van der Waals surface area (Å²) in [7, 11) is 0. The van der Waals surface area contributed by atoms with Gasteiger partial charge in [0, 0.05) is 42.8 Å². The summed E-state index contributed by atoms with van der Waals surface area (Å²) in [6.45, 7) is 6.07. The predicted molar refractivity (Wildman–Crippen MR) is 73.7 cm³/mol. The van der Waals surface area contributed by atoms with Gasteiger partial charge in [-0.3, -0.25) is 4.90 Å². The van der Waals surface area contributed by atoms with Crippen LogP contribution in [0.1, 0.15) is 18.5 Å². The summed E-state index contributed by atoms with van der Waals surface area (Å²) in [6.07, 6.45) is 0. The standard InChI is InChI=1S/C12H16BrClN2O/c1-8(16-4-2-15-3-5-16)10-6-9(14)7-11(13)12(10)17/h6-8,15,17H,2-5H2,1H3/t8-/m1/s1. The third-order valence-corrected chi connectivity index (χ3v) is 4.03. The predicted octanol–water partition coefficient (Wildman–Crippen LogP) is 2.77. The molecule has 1 aromatic carbocycles. The van der Waals surface area contributed by atoms with E-state index < -0.39 is 0 Å². The highest BCUT2D eigenvalue weighted by Crippen LogP contribution is 2.37. The highest BCUT2D eigenvalue weighted by molar-refractivity contribution is 9.10. The average molecular weight is 320 g/mol. The molecule has 0 saturated carbocycles. The second-order valence-corrected chi connectivity index (χ2v) is 5.58. The van der Waals surface area contributed by atoms with Crippen molar-refractivity contribution in [3.63, 3.8) is 0 Å². The maximum atomic E-state index is 10.1. The second-order valence-electron chi connectivity index (χ2n) is 4.29. The molecule has 1 aliphatic rings. The molecular weight excluding hydrogens is 304 g/mol. The SMILES string of the molecule is C[C@H](c1cc(Cl)cc(Br)c1O)N1CCNCC1. The van der Waals surface area contributed by atoms with Crippen LogP contribution in [0.4, 0.5) is 0 Å². The number of piperazine rings is 1. The number of hydrogen-bond donors (Lipinski definition) is 2. The molecule has 2 N–H and O–H groups in total. The number of benzene rings is 1. The Morgan fingerprint density at radius 1 is 1.41 bits per heavy atom. The van der Waals surface area contributed by atoms with Gasteiger partial charge in [-0.15, -0.1) is 0 Å². The van der Waals surface area contributed by atoms with E-state index in [1.807, 2.05) is 6.07 Å². The maximum absolute atomic E-state index is 10.1. The topological polar surface area (TPSA) is 35.5 Å². The fraction of sp³-hybridized carbons (Fsp3) is 0.500. The van der Waals surface area contributed by atoms with E-state index in [9.17, 15) is 5.11 Å². The summed E-state index contributed by atoms with van der Waals surface area (Å²) in [5.41, 5.74) is 0.881. The van der Waals surface area contributed by atoms with Crippen LogP contribution in [0.3, 0.4) is 0 Å². The first-order valence-electron chi connectivity index (χ1n) is 5.72. The molecule has 1 aliphatic heterocycles. The number of hydrogen-bond acceptors (Lipinski definition) is 3. The molecule has 1 heterocycles. The van der Waals surface area contributed by atoms with Crippen molar-refractivity contribution >= 4 is 27.5 Å². The molecule has 0 spiro atoms. The molecule has 1 saturated heterocycles. The van der Waals surface area contributed by atoms with Crippen LogP contribution < -0.4 is 5.32 Å². The van der Waals surface area contributed by atoms with Crippen molar-refractivity contribution < 1.29 is 5.11 Å². The highest BCUT2D eigenvalue weighted by Gasteiger charge is 2.21. The molecule has 5 heteroatoms. The first-order valence-corrected chi connectivity index (χ1v) is 6.89. The zero-order chi connectivity index (χ0) is 12.4. The van der Waals surface area contributed by atoms with Crippen LogP contribution in [0.2, 0.25) is 5.02 Å². The number of rotatable bonds is 2. The van der Waals surface area contributed by atoms with E-state index in [0.29, 0.717) is 15.2 Å². The zero-order valence-corrected chi connectivity index (χ0v) is 12.1. The zero-order valence-electron chi connectivity index (χ0n) is 9.71. The van der Waals surface area contributed by atoms with E-state index in [4.69, 9.17) is 11.6 Å². The third kappa shape index (κ3) is 2.94. The van der Waals surface area contributed by atoms with Gasteiger partial charge in [-0.2, -0.15) is 0 Å². The summed E-state index contributed by atoms with van der Waals surface area (Å²) < 4.78 is 0.655. The van der Waals surface area contributed by atoms with Crippen molar-refractivity contribution in [2.24, 2.45) is 0 Å². The van der Waals surface area contributed by atoms with E-state index in [2.05, 4.69) is 33.1 Å². The molecule has 1 aromatic rings. The fourth-order valence-electron chi connectivity index (χ4n) is 2.17. The number of phenolic OH excluding ortho intramolecular Hbond substituents is 1. The Bertz CT molecular complexity index is 408. The molecule has 0 aromatic heterocycles. The van der Waals surface area contributed by atoms with Gasteiger partial charge in [0.25, 0.3) is 0 Å². The Kier molecular flexibility index (Phi) is 4.31. The summed E-state index contributed by atoms with van der Waals surface area (Å²) in [6, 6.07) is 3.73. The van der Waals surface area contributed by atoms with Gasteiger partial charge in [0.1, 0.15) is 5.75 Å². The summed E-state index contributed by atoms with van der Waals surface area (Å²) in [5.74, 6) is 0.292. The number of aromatic hydroxyl groups is 1. The van der Waals surface area contributed by atoms with Crippen molar-refractivity contribution in [1.82, 2.24) is 10.2 Å². The monoisotopic (exact) mass is 318 g/mol. The molecule has 3 nitrogen and oxygen atoms in total. The summed E-state index contributed by atoms with van der Waals surface area (Å²) >= 11 is 9.36. The number of phenols is 1. The van der Waals surface area contributed by atoms with E-state index in [0.717, 1.165) is 31.7 Å². The van der Waals surface area contributed by atoms with Crippen molar-refractivity contribution in [3.05, 3.63) is 27.2 Å². The van der Waals surface area contributed by atoms with Crippen molar-refractivity contribution in [3.8, 4) is 5.75 Å². The Morgan fingerprint density at radius 3 is 2.71 bits per heavy atom. The minimum absolute atomic E-state index is 0.173. The van der Waals surface area contributed by atoms with E-state index in [1.54, 1.807) is 6.07 Å². The summed E-state index contributed by atoms with van der Waals surface area (Å²) in [4.78, 5) is 2.34. The minimum atomic E-state index is 0.173. The first-order chi connectivity index (χ1) is 8.09. The number of halogens is 2. The van der Waals surface area contributed by atoms with Crippen LogP contribution in [0.5, 0.6) is 5.75 Å². The van der Waals surface area contributed by atoms with Gasteiger partial charge in [-0.05, 0) is 35.0 Å². The molecule has 0 unspecified atom stereocenters. The second kappa shape index (κ2) is 5.57. The fourth-order valence-corrected chi connectivity index (χ4v) is 3.00. The quantitative estimate of drug-likeness (QED) is 0.880. The van der Waals surface area contributed by atoms with Crippen LogP contribution in [0.25, 0.3) is 0 Å². The Hall–Kier alpha value is -0.290. The molecular formula is C12H16BrClN2O. The number of nitrogens with zero attached hydrogens (tertiary/aromatic N) is 1. The van der Waals surface area contributed by atoms with Gasteiger partial charge < -0.3 is 10.4 Å². The normalized spacial score (nSPS) is 19.2. The van der Waals surface area contributed by atoms with Crippen LogP contribution in [-0.2, 0) is 0 Å². The molecule has 1 fully saturated rings. The lowest BCUT2D eigenvalue weighted by atomic mass is 10.1. The van der Waals surface area contributed by atoms with Gasteiger partial charge in [0.15, 0.2) is 0 Å². The first kappa shape index (κ1) is 13.1. The van der Waals surface area contributed by atoms with Crippen LogP contribution in [0.15, 0.2) is 16.6 Å². The average Bonchev–Trinajstić information content (AvgIpc) is 2.34. The van der Waals surface area contributed by atoms with Crippen LogP contribution >= 0.6 is 27.5 Å². The molecule has 0 amide bonds. The molecule has 2 rings (SSSR count). The smallest absolute Gasteiger partial charge is 0.134 e. The molecule has 1 atom stereocenters. The van der Waals surface area contributed by atoms with Gasteiger partial charge in [0.05, 0.1) is 4.47 Å². The van der Waals surface area contributed by atoms with Crippen molar-refractivity contribution in [2.45, 2.75) is 13.0 Å². The van der Waals surface area contributed by atoms with Gasteiger partial charge in [-0.1, -0.05) is 11.6 Å². The Morgan fingerprint density at radius 2 is 2.06 bits per heavy atom. The van der Waals surface area contributed by atoms with E-state index in [1.165, 1.54) is 0 Å². The molecule has 94 valence electrons. The minimum Gasteiger partial charge on any atom is -0.506 e. The van der Waals surface area contributed by atoms with Crippen molar-refractivity contribution in [1.29, 1.82) is 0 Å². The molecule has 0 aliphatic carbocycles. The lowest BCUT2D eigenvalue weighted by Gasteiger charge is -2.33. The highest BCUT2D eigenvalue weighted by atomic mass is 79.9. The lowest BCUT2D eigenvalue weighted by molar-refractivity contribution is 0.183. The van der Waals surface area contributed by atoms with Crippen LogP contribution in [-0.4, -0.2) is 36.2 Å². The van der Waals surface area contributed by atoms with Gasteiger partial charge in [-0.25, -0.2) is 0 Å². The van der Waals surface area contributed by atoms with Gasteiger partial charge >= 0.3 is 0 Å². The lowest BCUT2D eigenvalue weighted by Crippen LogP contribution is -2.44. The Balaban J connectivity index is 2.26. The van der Waals surface area contributed by atoms with E-state index in [-0.39, 0.29) is 6.04 Å². The summed E-state index contributed by atoms with van der Waals surface area (Å²) in [5, 5.41) is 14.0. The molecule has 0 bridgehead atoms. The third-order valence-electron chi connectivity index (χ3n) is 3.21.